The van der Waals surface area contributed by atoms with Gasteiger partial charge in [0.1, 0.15) is 0 Å². The van der Waals surface area contributed by atoms with E-state index in [9.17, 15) is 0 Å². The minimum absolute atomic E-state index is 0.318. The third kappa shape index (κ3) is 7.59. The van der Waals surface area contributed by atoms with Crippen molar-refractivity contribution in [2.24, 2.45) is 0 Å². The van der Waals surface area contributed by atoms with Crippen molar-refractivity contribution in [1.29, 1.82) is 5.41 Å². The van der Waals surface area contributed by atoms with Crippen molar-refractivity contribution in [2.45, 2.75) is 26.2 Å². The van der Waals surface area contributed by atoms with Crippen LogP contribution in [0.3, 0.4) is 0 Å². The number of unbranched alkanes of at least 4 members (excludes halogenated alkanes) is 1. The number of rotatable bonds is 5. The molecule has 0 saturated carbocycles. The fraction of sp³-hybridized carbons (Fsp3) is 0.625. The number of halogens is 1. The Balaban J connectivity index is 3.51. The van der Waals surface area contributed by atoms with E-state index in [4.69, 9.17) is 10.5 Å². The third-order valence-corrected chi connectivity index (χ3v) is 1.76. The lowest BCUT2D eigenvalue weighted by Crippen LogP contribution is -1.88. The molecule has 0 aromatic heterocycles. The molecule has 0 aliphatic rings. The Bertz CT molecular complexity index is 154. The summed E-state index contributed by atoms with van der Waals surface area (Å²) >= 11 is 3.31. The van der Waals surface area contributed by atoms with Gasteiger partial charge in [0.2, 0.25) is 0 Å². The first kappa shape index (κ1) is 10.7. The summed E-state index contributed by atoms with van der Waals surface area (Å²) in [7, 11) is 0. The number of alkyl halides is 1. The molecular formula is C8H14BrNO. The molecule has 64 valence electrons. The molecule has 3 heteroatoms. The van der Waals surface area contributed by atoms with Crippen LogP contribution in [0.15, 0.2) is 11.8 Å². The van der Waals surface area contributed by atoms with Crippen LogP contribution in [0, 0.1) is 5.41 Å². The van der Waals surface area contributed by atoms with Crippen LogP contribution < -0.4 is 0 Å². The van der Waals surface area contributed by atoms with Gasteiger partial charge in [-0.3, -0.25) is 0 Å². The van der Waals surface area contributed by atoms with Gasteiger partial charge in [0.05, 0.1) is 5.76 Å². The van der Waals surface area contributed by atoms with Crippen molar-refractivity contribution in [1.82, 2.24) is 0 Å². The van der Waals surface area contributed by atoms with Gasteiger partial charge in [-0.1, -0.05) is 15.9 Å². The summed E-state index contributed by atoms with van der Waals surface area (Å²) < 4.78 is 0. The molecule has 0 aromatic carbocycles. The molecule has 0 amide bonds. The highest BCUT2D eigenvalue weighted by atomic mass is 79.9. The summed E-state index contributed by atoms with van der Waals surface area (Å²) in [6.07, 6.45) is 4.21. The van der Waals surface area contributed by atoms with Gasteiger partial charge in [0.15, 0.2) is 0 Å². The van der Waals surface area contributed by atoms with E-state index in [0.717, 1.165) is 18.2 Å². The Morgan fingerprint density at radius 3 is 2.64 bits per heavy atom. The second-order valence-corrected chi connectivity index (χ2v) is 3.26. The number of allylic oxidation sites excluding steroid dienone is 2. The van der Waals surface area contributed by atoms with Gasteiger partial charge in [-0.05, 0) is 25.8 Å². The normalized spacial score (nSPS) is 11.6. The van der Waals surface area contributed by atoms with Crippen LogP contribution in [-0.2, 0) is 0 Å². The zero-order chi connectivity index (χ0) is 8.69. The van der Waals surface area contributed by atoms with Crippen LogP contribution in [0.1, 0.15) is 26.2 Å². The van der Waals surface area contributed by atoms with E-state index in [-0.39, 0.29) is 0 Å². The average molecular weight is 220 g/mol. The van der Waals surface area contributed by atoms with Crippen LogP contribution in [0.2, 0.25) is 0 Å². The molecule has 0 radical (unpaired) electrons. The van der Waals surface area contributed by atoms with E-state index in [2.05, 4.69) is 15.9 Å². The first-order chi connectivity index (χ1) is 5.16. The van der Waals surface area contributed by atoms with Crippen LogP contribution in [0.4, 0.5) is 0 Å². The number of hydrogen-bond acceptors (Lipinski definition) is 2. The number of hydrogen-bond donors (Lipinski definition) is 2. The fourth-order valence-corrected chi connectivity index (χ4v) is 1.12. The molecule has 0 rings (SSSR count). The SMILES string of the molecule is CC(=N)/C=C(\O)CCCCBr. The monoisotopic (exact) mass is 219 g/mol. The molecule has 2 N–H and O–H groups in total. The molecule has 0 aliphatic carbocycles. The summed E-state index contributed by atoms with van der Waals surface area (Å²) in [5.74, 6) is 0.318. The molecule has 2 nitrogen and oxygen atoms in total. The summed E-state index contributed by atoms with van der Waals surface area (Å²) in [4.78, 5) is 0. The van der Waals surface area contributed by atoms with Crippen molar-refractivity contribution in [3.8, 4) is 0 Å². The lowest BCUT2D eigenvalue weighted by Gasteiger charge is -1.97. The van der Waals surface area contributed by atoms with Gasteiger partial charge in [0, 0.05) is 17.5 Å². The smallest absolute Gasteiger partial charge is 0.0940 e. The predicted molar refractivity (Wildman–Crippen MR) is 51.8 cm³/mol. The highest BCUT2D eigenvalue weighted by Crippen LogP contribution is 2.05. The first-order valence-electron chi connectivity index (χ1n) is 3.67. The third-order valence-electron chi connectivity index (χ3n) is 1.20. The van der Waals surface area contributed by atoms with Crippen LogP contribution in [-0.4, -0.2) is 16.1 Å². The molecule has 0 aromatic rings. The van der Waals surface area contributed by atoms with E-state index in [0.29, 0.717) is 17.9 Å². The quantitative estimate of drug-likeness (QED) is 0.318. The Kier molecular flexibility index (Phi) is 6.22. The lowest BCUT2D eigenvalue weighted by molar-refractivity contribution is 0.384. The maximum atomic E-state index is 9.15. The standard InChI is InChI=1S/C8H14BrNO/c1-7(10)6-8(11)4-2-3-5-9/h6,10-11H,2-5H2,1H3/b8-6-,10-7?. The molecule has 0 fully saturated rings. The molecule has 0 spiro atoms. The minimum Gasteiger partial charge on any atom is -0.512 e. The molecule has 0 atom stereocenters. The second kappa shape index (κ2) is 6.40. The van der Waals surface area contributed by atoms with E-state index < -0.39 is 0 Å². The summed E-state index contributed by atoms with van der Waals surface area (Å²) in [5.41, 5.74) is 0.404. The molecule has 0 heterocycles. The topological polar surface area (TPSA) is 44.1 Å². The maximum absolute atomic E-state index is 9.15. The Hall–Kier alpha value is -0.310. The van der Waals surface area contributed by atoms with Gasteiger partial charge in [0.25, 0.3) is 0 Å². The number of aliphatic hydroxyl groups excluding tert-OH is 1. The summed E-state index contributed by atoms with van der Waals surface area (Å²) in [6, 6.07) is 0. The van der Waals surface area contributed by atoms with E-state index in [1.165, 1.54) is 6.08 Å². The van der Waals surface area contributed by atoms with E-state index in [1.807, 2.05) is 0 Å². The van der Waals surface area contributed by atoms with E-state index >= 15 is 0 Å². The van der Waals surface area contributed by atoms with Crippen molar-refractivity contribution in [2.75, 3.05) is 5.33 Å². The lowest BCUT2D eigenvalue weighted by atomic mass is 10.2. The second-order valence-electron chi connectivity index (χ2n) is 2.46. The first-order valence-corrected chi connectivity index (χ1v) is 4.79. The van der Waals surface area contributed by atoms with Gasteiger partial charge in [-0.2, -0.15) is 0 Å². The molecule has 0 bridgehead atoms. The predicted octanol–water partition coefficient (Wildman–Crippen LogP) is 3.03. The Labute approximate surface area is 76.0 Å². The highest BCUT2D eigenvalue weighted by Gasteiger charge is 1.93. The fourth-order valence-electron chi connectivity index (χ4n) is 0.723. The van der Waals surface area contributed by atoms with Crippen LogP contribution >= 0.6 is 15.9 Å². The molecule has 0 unspecified atom stereocenters. The summed E-state index contributed by atoms with van der Waals surface area (Å²) in [5, 5.41) is 17.2. The molecular weight excluding hydrogens is 206 g/mol. The van der Waals surface area contributed by atoms with Gasteiger partial charge in [-0.25, -0.2) is 0 Å². The number of nitrogens with one attached hydrogen (secondary N) is 1. The molecule has 0 aliphatic heterocycles. The van der Waals surface area contributed by atoms with Gasteiger partial charge in [-0.15, -0.1) is 0 Å². The zero-order valence-electron chi connectivity index (χ0n) is 6.73. The van der Waals surface area contributed by atoms with Crippen LogP contribution in [0.25, 0.3) is 0 Å². The average Bonchev–Trinajstić information content (AvgIpc) is 1.86. The Morgan fingerprint density at radius 2 is 2.18 bits per heavy atom. The molecule has 11 heavy (non-hydrogen) atoms. The van der Waals surface area contributed by atoms with Gasteiger partial charge < -0.3 is 10.5 Å². The van der Waals surface area contributed by atoms with E-state index in [1.54, 1.807) is 6.92 Å². The maximum Gasteiger partial charge on any atom is 0.0940 e. The van der Waals surface area contributed by atoms with Crippen LogP contribution in [0.5, 0.6) is 0 Å². The molecule has 0 saturated heterocycles. The van der Waals surface area contributed by atoms with Crippen molar-refractivity contribution in [3.63, 3.8) is 0 Å². The van der Waals surface area contributed by atoms with Gasteiger partial charge >= 0.3 is 0 Å². The van der Waals surface area contributed by atoms with Crippen molar-refractivity contribution >= 4 is 21.6 Å². The number of aliphatic hydroxyl groups is 1. The Morgan fingerprint density at radius 1 is 1.55 bits per heavy atom. The zero-order valence-corrected chi connectivity index (χ0v) is 8.32. The summed E-state index contributed by atoms with van der Waals surface area (Å²) in [6.45, 7) is 1.65. The van der Waals surface area contributed by atoms with Crippen molar-refractivity contribution < 1.29 is 5.11 Å². The largest absolute Gasteiger partial charge is 0.512 e. The van der Waals surface area contributed by atoms with Crippen molar-refractivity contribution in [3.05, 3.63) is 11.8 Å². The highest BCUT2D eigenvalue weighted by molar-refractivity contribution is 9.09. The minimum atomic E-state index is 0.318.